The minimum absolute atomic E-state index is 0.233. The van der Waals surface area contributed by atoms with Gasteiger partial charge < -0.3 is 13.7 Å². The van der Waals surface area contributed by atoms with Crippen LogP contribution in [-0.2, 0) is 19.6 Å². The highest BCUT2D eigenvalue weighted by molar-refractivity contribution is 7.87. The number of ether oxygens (including phenoxy) is 2. The van der Waals surface area contributed by atoms with Crippen molar-refractivity contribution < 1.29 is 35.2 Å². The summed E-state index contributed by atoms with van der Waals surface area (Å²) in [6, 6.07) is 5.68. The van der Waals surface area contributed by atoms with Gasteiger partial charge in [0.05, 0.1) is 13.2 Å². The van der Waals surface area contributed by atoms with Gasteiger partial charge in [-0.1, -0.05) is 12.1 Å². The van der Waals surface area contributed by atoms with Crippen molar-refractivity contribution in [2.24, 2.45) is 0 Å². The smallest absolute Gasteiger partial charge is 0.376 e. The molecule has 2 fully saturated rings. The number of alkyl halides is 3. The van der Waals surface area contributed by atoms with Crippen LogP contribution in [0.3, 0.4) is 0 Å². The summed E-state index contributed by atoms with van der Waals surface area (Å²) in [7, 11) is -5.64. The van der Waals surface area contributed by atoms with Crippen molar-refractivity contribution in [2.45, 2.75) is 42.9 Å². The summed E-state index contributed by atoms with van der Waals surface area (Å²) in [6.45, 7) is 1.20. The molecule has 0 bridgehead atoms. The monoisotopic (exact) mass is 366 g/mol. The Kier molecular flexibility index (Phi) is 4.52. The highest BCUT2D eigenvalue weighted by atomic mass is 32.2. The minimum Gasteiger partial charge on any atom is -0.376 e. The molecule has 1 aromatic carbocycles. The van der Waals surface area contributed by atoms with E-state index in [9.17, 15) is 21.6 Å². The fraction of sp³-hybridized carbons (Fsp3) is 0.600. The van der Waals surface area contributed by atoms with Gasteiger partial charge in [-0.3, -0.25) is 0 Å². The molecule has 1 aliphatic carbocycles. The molecule has 1 aliphatic heterocycles. The van der Waals surface area contributed by atoms with E-state index in [1.54, 1.807) is 12.1 Å². The van der Waals surface area contributed by atoms with Crippen LogP contribution in [0.25, 0.3) is 0 Å². The number of hydrogen-bond acceptors (Lipinski definition) is 5. The van der Waals surface area contributed by atoms with Gasteiger partial charge in [0.15, 0.2) is 5.79 Å². The SMILES string of the molecule is O=S(=O)(Oc1ccc(C2CCC3(CC2)OCCO3)cc1)C(F)(F)F. The summed E-state index contributed by atoms with van der Waals surface area (Å²) in [4.78, 5) is 0. The normalized spacial score (nSPS) is 22.0. The Hall–Kier alpha value is -1.32. The molecule has 0 amide bonds. The van der Waals surface area contributed by atoms with Crippen LogP contribution in [0.1, 0.15) is 37.2 Å². The molecule has 0 aromatic heterocycles. The molecule has 0 atom stereocenters. The van der Waals surface area contributed by atoms with Crippen molar-refractivity contribution in [3.05, 3.63) is 29.8 Å². The van der Waals surface area contributed by atoms with Crippen LogP contribution < -0.4 is 4.18 Å². The van der Waals surface area contributed by atoms with Crippen LogP contribution >= 0.6 is 0 Å². The molecule has 1 saturated heterocycles. The van der Waals surface area contributed by atoms with Crippen molar-refractivity contribution >= 4 is 10.1 Å². The first-order valence-corrected chi connectivity index (χ1v) is 9.00. The molecular weight excluding hydrogens is 349 g/mol. The molecule has 0 unspecified atom stereocenters. The zero-order chi connectivity index (χ0) is 17.4. The van der Waals surface area contributed by atoms with Gasteiger partial charge in [0, 0.05) is 12.8 Å². The standard InChI is InChI=1S/C15H17F3O5S/c16-15(17,18)24(19,20)23-13-3-1-11(2-4-13)12-5-7-14(8-6-12)21-9-10-22-14/h1-4,12H,5-10H2. The number of rotatable bonds is 3. The van der Waals surface area contributed by atoms with E-state index in [4.69, 9.17) is 9.47 Å². The Morgan fingerprint density at radius 3 is 2.08 bits per heavy atom. The Morgan fingerprint density at radius 1 is 1.04 bits per heavy atom. The van der Waals surface area contributed by atoms with E-state index < -0.39 is 21.4 Å². The average molecular weight is 366 g/mol. The van der Waals surface area contributed by atoms with Gasteiger partial charge in [0.2, 0.25) is 0 Å². The highest BCUT2D eigenvalue weighted by Crippen LogP contribution is 2.42. The molecule has 9 heteroatoms. The Morgan fingerprint density at radius 2 is 1.58 bits per heavy atom. The maximum Gasteiger partial charge on any atom is 0.534 e. The second-order valence-electron chi connectivity index (χ2n) is 5.93. The molecular formula is C15H17F3O5S. The summed E-state index contributed by atoms with van der Waals surface area (Å²) in [5, 5.41) is 0. The fourth-order valence-corrected chi connectivity index (χ4v) is 3.61. The largest absolute Gasteiger partial charge is 0.534 e. The molecule has 1 aromatic rings. The van der Waals surface area contributed by atoms with E-state index in [2.05, 4.69) is 4.18 Å². The average Bonchev–Trinajstić information content (AvgIpc) is 2.96. The predicted molar refractivity (Wildman–Crippen MR) is 77.9 cm³/mol. The topological polar surface area (TPSA) is 61.8 Å². The third kappa shape index (κ3) is 3.52. The maximum absolute atomic E-state index is 12.3. The van der Waals surface area contributed by atoms with E-state index in [0.717, 1.165) is 31.2 Å². The molecule has 1 spiro atoms. The van der Waals surface area contributed by atoms with Crippen molar-refractivity contribution in [3.8, 4) is 5.75 Å². The first-order valence-electron chi connectivity index (χ1n) is 7.59. The van der Waals surface area contributed by atoms with Crippen LogP contribution in [-0.4, -0.2) is 32.9 Å². The molecule has 1 heterocycles. The van der Waals surface area contributed by atoms with Crippen LogP contribution in [0.5, 0.6) is 5.75 Å². The lowest BCUT2D eigenvalue weighted by Gasteiger charge is -2.35. The van der Waals surface area contributed by atoms with Crippen molar-refractivity contribution in [1.29, 1.82) is 0 Å². The molecule has 3 rings (SSSR count). The van der Waals surface area contributed by atoms with Crippen LogP contribution in [0.15, 0.2) is 24.3 Å². The summed E-state index contributed by atoms with van der Waals surface area (Å²) in [5.74, 6) is -0.595. The van der Waals surface area contributed by atoms with E-state index in [1.807, 2.05) is 0 Å². The van der Waals surface area contributed by atoms with Crippen molar-refractivity contribution in [2.75, 3.05) is 13.2 Å². The Balaban J connectivity index is 1.63. The zero-order valence-corrected chi connectivity index (χ0v) is 13.5. The first kappa shape index (κ1) is 17.5. The summed E-state index contributed by atoms with van der Waals surface area (Å²) < 4.78 is 74.2. The van der Waals surface area contributed by atoms with Gasteiger partial charge in [-0.15, -0.1) is 0 Å². The molecule has 1 saturated carbocycles. The van der Waals surface area contributed by atoms with Crippen molar-refractivity contribution in [1.82, 2.24) is 0 Å². The molecule has 2 aliphatic rings. The first-order chi connectivity index (χ1) is 11.2. The predicted octanol–water partition coefficient (Wildman–Crippen LogP) is 3.32. The van der Waals surface area contributed by atoms with E-state index in [1.165, 1.54) is 12.1 Å². The Bertz CT molecular complexity index is 668. The van der Waals surface area contributed by atoms with Gasteiger partial charge in [0.1, 0.15) is 5.75 Å². The van der Waals surface area contributed by atoms with Crippen LogP contribution in [0.2, 0.25) is 0 Å². The lowest BCUT2D eigenvalue weighted by molar-refractivity contribution is -0.178. The maximum atomic E-state index is 12.3. The second kappa shape index (κ2) is 6.20. The molecule has 24 heavy (non-hydrogen) atoms. The van der Waals surface area contributed by atoms with Crippen LogP contribution in [0.4, 0.5) is 13.2 Å². The van der Waals surface area contributed by atoms with Gasteiger partial charge in [-0.05, 0) is 36.5 Å². The van der Waals surface area contributed by atoms with E-state index in [0.29, 0.717) is 13.2 Å². The summed E-state index contributed by atoms with van der Waals surface area (Å²) in [6.07, 6.45) is 3.19. The second-order valence-corrected chi connectivity index (χ2v) is 7.47. The van der Waals surface area contributed by atoms with E-state index in [-0.39, 0.29) is 11.7 Å². The van der Waals surface area contributed by atoms with Gasteiger partial charge in [0.25, 0.3) is 0 Å². The highest BCUT2D eigenvalue weighted by Gasteiger charge is 2.48. The molecule has 5 nitrogen and oxygen atoms in total. The molecule has 0 N–H and O–H groups in total. The lowest BCUT2D eigenvalue weighted by Crippen LogP contribution is -2.34. The number of benzene rings is 1. The van der Waals surface area contributed by atoms with Gasteiger partial charge in [-0.2, -0.15) is 21.6 Å². The lowest BCUT2D eigenvalue weighted by atomic mass is 9.81. The third-order valence-electron chi connectivity index (χ3n) is 4.40. The van der Waals surface area contributed by atoms with Gasteiger partial charge in [-0.25, -0.2) is 0 Å². The number of hydrogen-bond donors (Lipinski definition) is 0. The minimum atomic E-state index is -5.64. The number of halogens is 3. The van der Waals surface area contributed by atoms with Crippen LogP contribution in [0, 0.1) is 0 Å². The van der Waals surface area contributed by atoms with E-state index >= 15 is 0 Å². The van der Waals surface area contributed by atoms with Gasteiger partial charge >= 0.3 is 15.6 Å². The fourth-order valence-electron chi connectivity index (χ4n) is 3.15. The third-order valence-corrected chi connectivity index (χ3v) is 5.38. The molecule has 0 radical (unpaired) electrons. The van der Waals surface area contributed by atoms with Crippen molar-refractivity contribution in [3.63, 3.8) is 0 Å². The Labute approximate surface area is 137 Å². The molecule has 134 valence electrons. The quantitative estimate of drug-likeness (QED) is 0.607. The zero-order valence-electron chi connectivity index (χ0n) is 12.7. The summed E-state index contributed by atoms with van der Waals surface area (Å²) >= 11 is 0. The summed E-state index contributed by atoms with van der Waals surface area (Å²) in [5.41, 5.74) is -4.51.